The first-order valence-corrected chi connectivity index (χ1v) is 9.10. The van der Waals surface area contributed by atoms with Gasteiger partial charge in [0.05, 0.1) is 13.3 Å². The van der Waals surface area contributed by atoms with E-state index in [1.807, 2.05) is 36.1 Å². The van der Waals surface area contributed by atoms with Crippen molar-refractivity contribution in [3.05, 3.63) is 66.5 Å². The van der Waals surface area contributed by atoms with Crippen LogP contribution in [0.2, 0.25) is 0 Å². The molecule has 1 aromatic carbocycles. The fraction of sp³-hybridized carbons (Fsp3) is 0.286. The van der Waals surface area contributed by atoms with Crippen molar-refractivity contribution in [1.29, 1.82) is 0 Å². The van der Waals surface area contributed by atoms with Crippen LogP contribution in [0.15, 0.2) is 55.1 Å². The van der Waals surface area contributed by atoms with E-state index in [9.17, 15) is 9.18 Å². The van der Waals surface area contributed by atoms with E-state index in [0.717, 1.165) is 11.1 Å². The number of methoxy groups -OCH3 is 1. The molecule has 1 amide bonds. The van der Waals surface area contributed by atoms with Crippen molar-refractivity contribution in [2.24, 2.45) is 0 Å². The van der Waals surface area contributed by atoms with Crippen LogP contribution < -0.4 is 10.1 Å². The number of hydrogen-bond donors (Lipinski definition) is 1. The lowest BCUT2D eigenvalue weighted by molar-refractivity contribution is -0.121. The number of carbonyl (C=O) groups excluding carboxylic acids is 1. The Morgan fingerprint density at radius 1 is 1.25 bits per heavy atom. The molecule has 0 aliphatic carbocycles. The first kappa shape index (κ1) is 19.5. The Hall–Kier alpha value is -3.22. The Morgan fingerprint density at radius 3 is 2.79 bits per heavy atom. The van der Waals surface area contributed by atoms with Crippen LogP contribution >= 0.6 is 0 Å². The van der Waals surface area contributed by atoms with Crippen molar-refractivity contribution in [2.45, 2.75) is 32.4 Å². The molecule has 0 radical (unpaired) electrons. The van der Waals surface area contributed by atoms with Gasteiger partial charge in [-0.25, -0.2) is 4.39 Å². The molecule has 1 unspecified atom stereocenters. The van der Waals surface area contributed by atoms with Crippen LogP contribution in [0.4, 0.5) is 4.39 Å². The van der Waals surface area contributed by atoms with Gasteiger partial charge in [0.15, 0.2) is 0 Å². The van der Waals surface area contributed by atoms with Crippen molar-refractivity contribution in [3.8, 4) is 16.9 Å². The van der Waals surface area contributed by atoms with E-state index in [-0.39, 0.29) is 24.3 Å². The first-order chi connectivity index (χ1) is 13.6. The SMILES string of the molecule is COc1ccc(F)cc1CNC(=O)CCC(C)n1cc(-c2ccncc2)cn1. The summed E-state index contributed by atoms with van der Waals surface area (Å²) in [6.45, 7) is 2.24. The topological polar surface area (TPSA) is 69.0 Å². The summed E-state index contributed by atoms with van der Waals surface area (Å²) in [6.07, 6.45) is 8.26. The predicted molar refractivity (Wildman–Crippen MR) is 104 cm³/mol. The number of nitrogens with one attached hydrogen (secondary N) is 1. The van der Waals surface area contributed by atoms with Crippen molar-refractivity contribution >= 4 is 5.91 Å². The van der Waals surface area contributed by atoms with Crippen molar-refractivity contribution in [3.63, 3.8) is 0 Å². The number of aromatic nitrogens is 3. The molecule has 2 heterocycles. The highest BCUT2D eigenvalue weighted by Crippen LogP contribution is 2.21. The highest BCUT2D eigenvalue weighted by Gasteiger charge is 2.12. The molecule has 0 spiro atoms. The second-order valence-corrected chi connectivity index (χ2v) is 6.57. The fourth-order valence-electron chi connectivity index (χ4n) is 2.91. The highest BCUT2D eigenvalue weighted by molar-refractivity contribution is 5.76. The monoisotopic (exact) mass is 382 g/mol. The van der Waals surface area contributed by atoms with Crippen LogP contribution in [0, 0.1) is 5.82 Å². The van der Waals surface area contributed by atoms with E-state index < -0.39 is 0 Å². The number of carbonyl (C=O) groups is 1. The maximum Gasteiger partial charge on any atom is 0.220 e. The van der Waals surface area contributed by atoms with Crippen LogP contribution in [0.25, 0.3) is 11.1 Å². The highest BCUT2D eigenvalue weighted by atomic mass is 19.1. The minimum absolute atomic E-state index is 0.0741. The van der Waals surface area contributed by atoms with E-state index in [1.54, 1.807) is 18.5 Å². The molecule has 0 saturated carbocycles. The van der Waals surface area contributed by atoms with Gasteiger partial charge in [0.25, 0.3) is 0 Å². The quantitative estimate of drug-likeness (QED) is 0.644. The summed E-state index contributed by atoms with van der Waals surface area (Å²) in [5, 5.41) is 7.22. The average molecular weight is 382 g/mol. The van der Waals surface area contributed by atoms with E-state index >= 15 is 0 Å². The van der Waals surface area contributed by atoms with Gasteiger partial charge < -0.3 is 10.1 Å². The molecule has 0 aliphatic heterocycles. The molecule has 1 N–H and O–H groups in total. The lowest BCUT2D eigenvalue weighted by Gasteiger charge is -2.13. The Kier molecular flexibility index (Phi) is 6.37. The number of benzene rings is 1. The van der Waals surface area contributed by atoms with Crippen LogP contribution in [0.5, 0.6) is 5.75 Å². The number of nitrogens with zero attached hydrogens (tertiary/aromatic N) is 3. The standard InChI is InChI=1S/C21H23FN4O2/c1-15(26-14-18(13-25-26)16-7-9-23-10-8-16)3-6-21(27)24-12-17-11-19(22)4-5-20(17)28-2/h4-5,7-11,13-15H,3,6,12H2,1-2H3,(H,24,27). The van der Waals surface area contributed by atoms with Crippen molar-refractivity contribution in [2.75, 3.05) is 7.11 Å². The summed E-state index contributed by atoms with van der Waals surface area (Å²) in [5.41, 5.74) is 2.67. The van der Waals surface area contributed by atoms with Gasteiger partial charge in [0.2, 0.25) is 5.91 Å². The fourth-order valence-corrected chi connectivity index (χ4v) is 2.91. The lowest BCUT2D eigenvalue weighted by atomic mass is 10.1. The number of pyridine rings is 1. The molecule has 3 aromatic rings. The maximum atomic E-state index is 13.4. The molecule has 7 heteroatoms. The minimum atomic E-state index is -0.359. The maximum absolute atomic E-state index is 13.4. The Labute approximate surface area is 163 Å². The molecule has 146 valence electrons. The molecular formula is C21H23FN4O2. The van der Waals surface area contributed by atoms with Crippen LogP contribution in [0.1, 0.15) is 31.4 Å². The molecule has 0 saturated heterocycles. The largest absolute Gasteiger partial charge is 0.496 e. The molecular weight excluding hydrogens is 359 g/mol. The average Bonchev–Trinajstić information content (AvgIpc) is 3.21. The molecule has 0 bridgehead atoms. The Balaban J connectivity index is 1.51. The smallest absolute Gasteiger partial charge is 0.220 e. The van der Waals surface area contributed by atoms with E-state index in [0.29, 0.717) is 24.2 Å². The molecule has 0 fully saturated rings. The van der Waals surface area contributed by atoms with Gasteiger partial charge in [0, 0.05) is 48.7 Å². The van der Waals surface area contributed by atoms with E-state index in [1.165, 1.54) is 19.2 Å². The van der Waals surface area contributed by atoms with Gasteiger partial charge in [-0.3, -0.25) is 14.5 Å². The number of hydrogen-bond acceptors (Lipinski definition) is 4. The number of ether oxygens (including phenoxy) is 1. The summed E-state index contributed by atoms with van der Waals surface area (Å²) in [6, 6.07) is 8.18. The van der Waals surface area contributed by atoms with Gasteiger partial charge in [-0.2, -0.15) is 5.10 Å². The van der Waals surface area contributed by atoms with Crippen LogP contribution in [-0.4, -0.2) is 27.8 Å². The van der Waals surface area contributed by atoms with E-state index in [4.69, 9.17) is 4.74 Å². The van der Waals surface area contributed by atoms with Crippen molar-refractivity contribution < 1.29 is 13.9 Å². The zero-order valence-corrected chi connectivity index (χ0v) is 15.9. The van der Waals surface area contributed by atoms with Gasteiger partial charge >= 0.3 is 0 Å². The molecule has 6 nitrogen and oxygen atoms in total. The van der Waals surface area contributed by atoms with Crippen LogP contribution in [-0.2, 0) is 11.3 Å². The van der Waals surface area contributed by atoms with Crippen molar-refractivity contribution in [1.82, 2.24) is 20.1 Å². The predicted octanol–water partition coefficient (Wildman–Crippen LogP) is 3.75. The molecule has 28 heavy (non-hydrogen) atoms. The molecule has 2 aromatic heterocycles. The molecule has 3 rings (SSSR count). The summed E-state index contributed by atoms with van der Waals surface area (Å²) < 4.78 is 20.4. The summed E-state index contributed by atoms with van der Waals surface area (Å²) in [5.74, 6) is 0.0947. The Morgan fingerprint density at radius 2 is 2.04 bits per heavy atom. The number of rotatable bonds is 8. The molecule has 0 aliphatic rings. The minimum Gasteiger partial charge on any atom is -0.496 e. The van der Waals surface area contributed by atoms with Gasteiger partial charge in [-0.1, -0.05) is 0 Å². The summed E-state index contributed by atoms with van der Waals surface area (Å²) in [4.78, 5) is 16.2. The van der Waals surface area contributed by atoms with Gasteiger partial charge in [-0.15, -0.1) is 0 Å². The third-order valence-corrected chi connectivity index (χ3v) is 4.57. The van der Waals surface area contributed by atoms with E-state index in [2.05, 4.69) is 15.4 Å². The normalized spacial score (nSPS) is 11.8. The lowest BCUT2D eigenvalue weighted by Crippen LogP contribution is -2.23. The second-order valence-electron chi connectivity index (χ2n) is 6.57. The number of amides is 1. The van der Waals surface area contributed by atoms with Gasteiger partial charge in [0.1, 0.15) is 11.6 Å². The van der Waals surface area contributed by atoms with Crippen LogP contribution in [0.3, 0.4) is 0 Å². The number of halogens is 1. The van der Waals surface area contributed by atoms with Gasteiger partial charge in [-0.05, 0) is 49.2 Å². The summed E-state index contributed by atoms with van der Waals surface area (Å²) in [7, 11) is 1.52. The molecule has 1 atom stereocenters. The third kappa shape index (κ3) is 4.94. The summed E-state index contributed by atoms with van der Waals surface area (Å²) >= 11 is 0. The Bertz CT molecular complexity index is 927. The first-order valence-electron chi connectivity index (χ1n) is 9.10. The zero-order chi connectivity index (χ0) is 19.9. The third-order valence-electron chi connectivity index (χ3n) is 4.57. The second kappa shape index (κ2) is 9.12. The zero-order valence-electron chi connectivity index (χ0n) is 15.9.